The summed E-state index contributed by atoms with van der Waals surface area (Å²) in [4.78, 5) is 2.56. The molecule has 0 aromatic rings. The van der Waals surface area contributed by atoms with Crippen LogP contribution in [-0.2, 0) is 0 Å². The quantitative estimate of drug-likeness (QED) is 0.528. The molecule has 2 nitrogen and oxygen atoms in total. The maximum atomic E-state index is 4.09. The van der Waals surface area contributed by atoms with E-state index < -0.39 is 0 Å². The second-order valence-corrected chi connectivity index (χ2v) is 5.03. The smallest absolute Gasteiger partial charge is 0.0190 e. The van der Waals surface area contributed by atoms with E-state index in [1.165, 1.54) is 51.0 Å². The second-order valence-electron chi connectivity index (χ2n) is 5.03. The zero-order chi connectivity index (χ0) is 11.8. The summed E-state index contributed by atoms with van der Waals surface area (Å²) in [5, 5.41) is 3.54. The fourth-order valence-corrected chi connectivity index (χ4v) is 2.26. The Balaban J connectivity index is 2.11. The third-order valence-corrected chi connectivity index (χ3v) is 3.51. The van der Waals surface area contributed by atoms with Crippen LogP contribution in [0.2, 0.25) is 0 Å². The van der Waals surface area contributed by atoms with Crippen LogP contribution in [-0.4, -0.2) is 37.6 Å². The lowest BCUT2D eigenvalue weighted by molar-refractivity contribution is 0.194. The van der Waals surface area contributed by atoms with Crippen molar-refractivity contribution < 1.29 is 0 Å². The van der Waals surface area contributed by atoms with E-state index in [1.807, 2.05) is 0 Å². The number of hydrogen-bond acceptors (Lipinski definition) is 2. The van der Waals surface area contributed by atoms with Gasteiger partial charge in [0.15, 0.2) is 0 Å². The van der Waals surface area contributed by atoms with Crippen LogP contribution in [0.1, 0.15) is 39.5 Å². The highest BCUT2D eigenvalue weighted by Crippen LogP contribution is 2.17. The molecule has 0 aliphatic carbocycles. The molecule has 0 radical (unpaired) electrons. The van der Waals surface area contributed by atoms with Crippen LogP contribution in [0.3, 0.4) is 0 Å². The third kappa shape index (κ3) is 5.13. The fourth-order valence-electron chi connectivity index (χ4n) is 2.26. The van der Waals surface area contributed by atoms with Gasteiger partial charge in [-0.15, -0.1) is 0 Å². The van der Waals surface area contributed by atoms with Crippen molar-refractivity contribution in [2.45, 2.75) is 39.5 Å². The number of piperidine rings is 1. The lowest BCUT2D eigenvalue weighted by atomic mass is 9.96. The van der Waals surface area contributed by atoms with Crippen LogP contribution in [0.15, 0.2) is 12.2 Å². The average Bonchev–Trinajstić information content (AvgIpc) is 2.31. The van der Waals surface area contributed by atoms with Crippen molar-refractivity contribution in [2.24, 2.45) is 5.92 Å². The molecule has 1 N–H and O–H groups in total. The van der Waals surface area contributed by atoms with Crippen molar-refractivity contribution in [1.29, 1.82) is 0 Å². The van der Waals surface area contributed by atoms with E-state index in [9.17, 15) is 0 Å². The van der Waals surface area contributed by atoms with E-state index in [0.29, 0.717) is 0 Å². The predicted molar refractivity (Wildman–Crippen MR) is 71.8 cm³/mol. The second kappa shape index (κ2) is 7.86. The van der Waals surface area contributed by atoms with Crippen LogP contribution in [0.4, 0.5) is 0 Å². The zero-order valence-corrected chi connectivity index (χ0v) is 11.1. The zero-order valence-electron chi connectivity index (χ0n) is 11.1. The molecule has 1 aliphatic heterocycles. The van der Waals surface area contributed by atoms with Crippen molar-refractivity contribution in [3.05, 3.63) is 12.2 Å². The van der Waals surface area contributed by atoms with E-state index in [0.717, 1.165) is 18.9 Å². The van der Waals surface area contributed by atoms with Gasteiger partial charge in [-0.1, -0.05) is 26.0 Å². The first-order valence-corrected chi connectivity index (χ1v) is 6.86. The highest BCUT2D eigenvalue weighted by Gasteiger charge is 2.18. The number of nitrogens with one attached hydrogen (secondary N) is 1. The van der Waals surface area contributed by atoms with Crippen molar-refractivity contribution in [3.8, 4) is 0 Å². The minimum Gasteiger partial charge on any atom is -0.316 e. The van der Waals surface area contributed by atoms with Crippen LogP contribution < -0.4 is 5.32 Å². The molecule has 1 aliphatic rings. The van der Waals surface area contributed by atoms with Gasteiger partial charge in [0.05, 0.1) is 0 Å². The molecule has 0 aromatic heterocycles. The minimum absolute atomic E-state index is 0.901. The number of likely N-dealkylation sites (tertiary alicyclic amines) is 1. The molecular weight excluding hydrogens is 196 g/mol. The summed E-state index contributed by atoms with van der Waals surface area (Å²) in [6, 6.07) is 0. The first-order valence-electron chi connectivity index (χ1n) is 6.86. The summed E-state index contributed by atoms with van der Waals surface area (Å²) in [5.74, 6) is 0.901. The van der Waals surface area contributed by atoms with Gasteiger partial charge in [-0.2, -0.15) is 0 Å². The molecule has 0 bridgehead atoms. The van der Waals surface area contributed by atoms with E-state index in [4.69, 9.17) is 0 Å². The van der Waals surface area contributed by atoms with Crippen molar-refractivity contribution >= 4 is 0 Å². The van der Waals surface area contributed by atoms with Gasteiger partial charge in [-0.3, -0.25) is 4.90 Å². The average molecular weight is 224 g/mol. The summed E-state index contributed by atoms with van der Waals surface area (Å²) < 4.78 is 0. The summed E-state index contributed by atoms with van der Waals surface area (Å²) in [6.45, 7) is 14.6. The Labute approximate surface area is 101 Å². The molecule has 1 rings (SSSR count). The maximum Gasteiger partial charge on any atom is 0.0190 e. The molecule has 0 spiro atoms. The monoisotopic (exact) mass is 224 g/mol. The SMILES string of the molecule is C=C(CC)CN1CCC(CNCCC)CC1. The standard InChI is InChI=1S/C14H28N2/c1-4-8-15-11-14-6-9-16(10-7-14)12-13(3)5-2/h14-15H,3-12H2,1-2H3. The highest BCUT2D eigenvalue weighted by molar-refractivity contribution is 4.96. The Morgan fingerprint density at radius 2 is 2.00 bits per heavy atom. The van der Waals surface area contributed by atoms with E-state index in [1.54, 1.807) is 0 Å². The van der Waals surface area contributed by atoms with Crippen LogP contribution in [0, 0.1) is 5.92 Å². The molecule has 1 heterocycles. The van der Waals surface area contributed by atoms with Crippen LogP contribution in [0.25, 0.3) is 0 Å². The molecule has 94 valence electrons. The van der Waals surface area contributed by atoms with Gasteiger partial charge >= 0.3 is 0 Å². The van der Waals surface area contributed by atoms with E-state index >= 15 is 0 Å². The molecule has 0 aromatic carbocycles. The first kappa shape index (κ1) is 13.7. The van der Waals surface area contributed by atoms with Gasteiger partial charge < -0.3 is 5.32 Å². The van der Waals surface area contributed by atoms with Crippen LogP contribution in [0.5, 0.6) is 0 Å². The van der Waals surface area contributed by atoms with Gasteiger partial charge in [-0.05, 0) is 57.8 Å². The Morgan fingerprint density at radius 1 is 1.31 bits per heavy atom. The lowest BCUT2D eigenvalue weighted by Gasteiger charge is -2.32. The molecule has 1 fully saturated rings. The fraction of sp³-hybridized carbons (Fsp3) is 0.857. The van der Waals surface area contributed by atoms with E-state index in [2.05, 4.69) is 30.6 Å². The highest BCUT2D eigenvalue weighted by atomic mass is 15.1. The normalized spacial score (nSPS) is 18.9. The Morgan fingerprint density at radius 3 is 2.56 bits per heavy atom. The predicted octanol–water partition coefficient (Wildman–Crippen LogP) is 2.66. The molecule has 2 heteroatoms. The molecule has 1 saturated heterocycles. The lowest BCUT2D eigenvalue weighted by Crippen LogP contribution is -2.38. The van der Waals surface area contributed by atoms with E-state index in [-0.39, 0.29) is 0 Å². The molecular formula is C14H28N2. The van der Waals surface area contributed by atoms with Gasteiger partial charge in [0.25, 0.3) is 0 Å². The maximum absolute atomic E-state index is 4.09. The van der Waals surface area contributed by atoms with Crippen LogP contribution >= 0.6 is 0 Å². The minimum atomic E-state index is 0.901. The molecule has 0 amide bonds. The first-order chi connectivity index (χ1) is 7.76. The summed E-state index contributed by atoms with van der Waals surface area (Å²) in [5.41, 5.74) is 1.38. The summed E-state index contributed by atoms with van der Waals surface area (Å²) in [7, 11) is 0. The van der Waals surface area contributed by atoms with Gasteiger partial charge in [0.2, 0.25) is 0 Å². The Bertz CT molecular complexity index is 193. The van der Waals surface area contributed by atoms with Gasteiger partial charge in [-0.25, -0.2) is 0 Å². The Hall–Kier alpha value is -0.340. The summed E-state index contributed by atoms with van der Waals surface area (Å²) in [6.07, 6.45) is 5.08. The molecule has 0 unspecified atom stereocenters. The van der Waals surface area contributed by atoms with Gasteiger partial charge in [0, 0.05) is 6.54 Å². The molecule has 0 saturated carbocycles. The molecule has 16 heavy (non-hydrogen) atoms. The largest absolute Gasteiger partial charge is 0.316 e. The summed E-state index contributed by atoms with van der Waals surface area (Å²) >= 11 is 0. The number of hydrogen-bond donors (Lipinski definition) is 1. The van der Waals surface area contributed by atoms with Crippen molar-refractivity contribution in [2.75, 3.05) is 32.7 Å². The topological polar surface area (TPSA) is 15.3 Å². The van der Waals surface area contributed by atoms with Crippen molar-refractivity contribution in [3.63, 3.8) is 0 Å². The molecule has 0 atom stereocenters. The van der Waals surface area contributed by atoms with Gasteiger partial charge in [0.1, 0.15) is 0 Å². The van der Waals surface area contributed by atoms with Crippen molar-refractivity contribution in [1.82, 2.24) is 10.2 Å². The number of nitrogens with zero attached hydrogens (tertiary/aromatic N) is 1. The number of rotatable bonds is 7. The Kier molecular flexibility index (Phi) is 6.74. The third-order valence-electron chi connectivity index (χ3n) is 3.51.